The number of carbonyl (C=O) groups excluding carboxylic acids is 1. The van der Waals surface area contributed by atoms with E-state index in [1.54, 1.807) is 6.20 Å². The second-order valence-electron chi connectivity index (χ2n) is 10.5. The van der Waals surface area contributed by atoms with Crippen molar-refractivity contribution < 1.29 is 56.6 Å². The zero-order chi connectivity index (χ0) is 32.5. The second-order valence-corrected chi connectivity index (χ2v) is 11.9. The van der Waals surface area contributed by atoms with Crippen LogP contribution in [0.5, 0.6) is 5.75 Å². The highest BCUT2D eigenvalue weighted by Gasteiger charge is 2.49. The minimum Gasteiger partial charge on any atom is -0.491 e. The normalized spacial score (nSPS) is 28.6. The van der Waals surface area contributed by atoms with Crippen molar-refractivity contribution in [1.29, 1.82) is 0 Å². The van der Waals surface area contributed by atoms with E-state index in [4.69, 9.17) is 14.2 Å². The highest BCUT2D eigenvalue weighted by Crippen LogP contribution is 2.39. The Morgan fingerprint density at radius 1 is 1.16 bits per heavy atom. The Morgan fingerprint density at radius 2 is 1.84 bits per heavy atom. The van der Waals surface area contributed by atoms with E-state index in [9.17, 15) is 37.7 Å². The van der Waals surface area contributed by atoms with E-state index in [1.165, 1.54) is 11.8 Å². The van der Waals surface area contributed by atoms with Gasteiger partial charge in [0, 0.05) is 24.3 Å². The standard InChI is InChI=1S/C28H30F4N4O8S/c1-41-24-20(31)18(29)17(19(30)21(24)32)26(39)33-22-23(38)16(10-37)44-27(25(22)42-2)45-14-8-28(40,12-43-11-14)36-9-15(34-35-36)13-6-4-3-5-7-13/h3-7,9,14,16,22-23,25,27,37-38,40H,8,10-12H2,1-2H3,(H,33,39). The summed E-state index contributed by atoms with van der Waals surface area (Å²) in [6, 6.07) is 7.72. The van der Waals surface area contributed by atoms with E-state index < -0.39 is 87.9 Å². The first-order valence-electron chi connectivity index (χ1n) is 13.6. The zero-order valence-electron chi connectivity index (χ0n) is 23.9. The second kappa shape index (κ2) is 13.6. The maximum atomic E-state index is 14.7. The molecule has 12 nitrogen and oxygen atoms in total. The molecule has 1 aromatic heterocycles. The molecule has 2 aromatic carbocycles. The number of aromatic nitrogens is 3. The zero-order valence-corrected chi connectivity index (χ0v) is 24.7. The Balaban J connectivity index is 1.35. The fourth-order valence-corrected chi connectivity index (χ4v) is 6.87. The molecule has 0 bridgehead atoms. The fraction of sp³-hybridized carbons (Fsp3) is 0.464. The third-order valence-corrected chi connectivity index (χ3v) is 8.93. The molecule has 2 saturated heterocycles. The molecule has 5 rings (SSSR count). The molecule has 3 aromatic rings. The van der Waals surface area contributed by atoms with Crippen molar-refractivity contribution in [2.45, 2.75) is 47.2 Å². The van der Waals surface area contributed by atoms with Crippen molar-refractivity contribution in [1.82, 2.24) is 20.3 Å². The molecule has 45 heavy (non-hydrogen) atoms. The molecule has 0 aliphatic carbocycles. The molecule has 2 aliphatic rings. The van der Waals surface area contributed by atoms with Crippen molar-refractivity contribution in [3.8, 4) is 17.0 Å². The molecule has 3 heterocycles. The lowest BCUT2D eigenvalue weighted by atomic mass is 9.96. The summed E-state index contributed by atoms with van der Waals surface area (Å²) in [5.74, 6) is -10.8. The highest BCUT2D eigenvalue weighted by atomic mass is 32.2. The Labute approximate surface area is 258 Å². The Hall–Kier alpha value is -3.32. The number of aliphatic hydroxyl groups is 3. The molecule has 1 amide bonds. The molecule has 0 spiro atoms. The lowest BCUT2D eigenvalue weighted by Gasteiger charge is -2.45. The van der Waals surface area contributed by atoms with Gasteiger partial charge < -0.3 is 39.6 Å². The lowest BCUT2D eigenvalue weighted by molar-refractivity contribution is -0.173. The van der Waals surface area contributed by atoms with Gasteiger partial charge in [-0.1, -0.05) is 35.5 Å². The number of methoxy groups -OCH3 is 2. The summed E-state index contributed by atoms with van der Waals surface area (Å²) in [6.45, 7) is -0.709. The van der Waals surface area contributed by atoms with Crippen LogP contribution in [0, 0.1) is 23.3 Å². The maximum Gasteiger partial charge on any atom is 0.257 e. The highest BCUT2D eigenvalue weighted by molar-refractivity contribution is 8.00. The summed E-state index contributed by atoms with van der Waals surface area (Å²) in [7, 11) is 2.01. The Morgan fingerprint density at radius 3 is 2.47 bits per heavy atom. The van der Waals surface area contributed by atoms with E-state index in [0.717, 1.165) is 24.4 Å². The number of thioether (sulfide) groups is 1. The smallest absolute Gasteiger partial charge is 0.257 e. The number of hydrogen-bond donors (Lipinski definition) is 4. The van der Waals surface area contributed by atoms with Gasteiger partial charge >= 0.3 is 0 Å². The lowest BCUT2D eigenvalue weighted by Crippen LogP contribution is -2.64. The Kier molecular flexibility index (Phi) is 9.97. The molecule has 7 unspecified atom stereocenters. The van der Waals surface area contributed by atoms with E-state index in [2.05, 4.69) is 20.4 Å². The molecule has 2 fully saturated rings. The largest absolute Gasteiger partial charge is 0.491 e. The van der Waals surface area contributed by atoms with Crippen molar-refractivity contribution in [3.05, 3.63) is 65.4 Å². The quantitative estimate of drug-likeness (QED) is 0.196. The van der Waals surface area contributed by atoms with Crippen LogP contribution in [0.25, 0.3) is 11.3 Å². The summed E-state index contributed by atoms with van der Waals surface area (Å²) < 4.78 is 80.7. The van der Waals surface area contributed by atoms with Gasteiger partial charge in [-0.25, -0.2) is 13.5 Å². The van der Waals surface area contributed by atoms with Gasteiger partial charge in [-0.2, -0.15) is 8.78 Å². The van der Waals surface area contributed by atoms with Gasteiger partial charge in [-0.3, -0.25) is 4.79 Å². The third-order valence-electron chi connectivity index (χ3n) is 7.59. The van der Waals surface area contributed by atoms with Crippen LogP contribution in [0.3, 0.4) is 0 Å². The number of benzene rings is 2. The number of aliphatic hydroxyl groups excluding tert-OH is 2. The van der Waals surface area contributed by atoms with Gasteiger partial charge in [0.15, 0.2) is 23.1 Å². The SMILES string of the molecule is COc1c(F)c(F)c(C(=O)NC2C(O)C(CO)OC(SC3COCC(O)(n4cc(-c5ccccc5)nn4)C3)C2OC)c(F)c1F. The predicted molar refractivity (Wildman–Crippen MR) is 149 cm³/mol. The first-order chi connectivity index (χ1) is 21.5. The molecule has 0 radical (unpaired) electrons. The van der Waals surface area contributed by atoms with Crippen LogP contribution in [0.1, 0.15) is 16.8 Å². The van der Waals surface area contributed by atoms with Gasteiger partial charge in [0.05, 0.1) is 39.2 Å². The molecule has 4 N–H and O–H groups in total. The fourth-order valence-electron chi connectivity index (χ4n) is 5.31. The number of amides is 1. The van der Waals surface area contributed by atoms with Crippen LogP contribution in [-0.2, 0) is 19.9 Å². The van der Waals surface area contributed by atoms with Gasteiger partial charge in [-0.05, 0) is 0 Å². The van der Waals surface area contributed by atoms with E-state index >= 15 is 0 Å². The molecule has 7 atom stereocenters. The number of halogens is 4. The predicted octanol–water partition coefficient (Wildman–Crippen LogP) is 1.57. The Bertz CT molecular complexity index is 1490. The van der Waals surface area contributed by atoms with E-state index in [-0.39, 0.29) is 19.6 Å². The van der Waals surface area contributed by atoms with Crippen molar-refractivity contribution >= 4 is 17.7 Å². The molecular weight excluding hydrogens is 628 g/mol. The van der Waals surface area contributed by atoms with Gasteiger partial charge in [0.1, 0.15) is 35.0 Å². The van der Waals surface area contributed by atoms with Gasteiger partial charge in [0.2, 0.25) is 11.6 Å². The van der Waals surface area contributed by atoms with Crippen LogP contribution >= 0.6 is 11.8 Å². The number of rotatable bonds is 9. The number of nitrogens with zero attached hydrogens (tertiary/aromatic N) is 3. The van der Waals surface area contributed by atoms with E-state index in [1.807, 2.05) is 30.3 Å². The summed E-state index contributed by atoms with van der Waals surface area (Å²) in [6.07, 6.45) is -2.55. The van der Waals surface area contributed by atoms with Gasteiger partial charge in [-0.15, -0.1) is 16.9 Å². The number of ether oxygens (including phenoxy) is 4. The van der Waals surface area contributed by atoms with Crippen molar-refractivity contribution in [2.24, 2.45) is 0 Å². The van der Waals surface area contributed by atoms with Crippen LogP contribution in [-0.4, -0.2) is 105 Å². The third kappa shape index (κ3) is 6.38. The van der Waals surface area contributed by atoms with Gasteiger partial charge in [0.25, 0.3) is 5.91 Å². The summed E-state index contributed by atoms with van der Waals surface area (Å²) in [5, 5.41) is 42.1. The van der Waals surface area contributed by atoms with Crippen LogP contribution in [0.4, 0.5) is 17.6 Å². The number of carbonyl (C=O) groups is 1. The van der Waals surface area contributed by atoms with Crippen LogP contribution in [0.2, 0.25) is 0 Å². The monoisotopic (exact) mass is 658 g/mol. The maximum absolute atomic E-state index is 14.7. The van der Waals surface area contributed by atoms with Crippen LogP contribution in [0.15, 0.2) is 36.5 Å². The first kappa shape index (κ1) is 33.1. The minimum absolute atomic E-state index is 0.0791. The average molecular weight is 659 g/mol. The molecule has 17 heteroatoms. The number of hydrogen-bond acceptors (Lipinski definition) is 11. The van der Waals surface area contributed by atoms with E-state index in [0.29, 0.717) is 5.69 Å². The van der Waals surface area contributed by atoms with Crippen LogP contribution < -0.4 is 10.1 Å². The summed E-state index contributed by atoms with van der Waals surface area (Å²) in [4.78, 5) is 13.0. The molecular formula is C28H30F4N4O8S. The summed E-state index contributed by atoms with van der Waals surface area (Å²) >= 11 is 1.09. The van der Waals surface area contributed by atoms with Crippen molar-refractivity contribution in [3.63, 3.8) is 0 Å². The topological polar surface area (TPSA) is 157 Å². The van der Waals surface area contributed by atoms with Crippen molar-refractivity contribution in [2.75, 3.05) is 34.0 Å². The first-order valence-corrected chi connectivity index (χ1v) is 14.6. The molecule has 2 aliphatic heterocycles. The molecule has 0 saturated carbocycles. The molecule has 244 valence electrons. The summed E-state index contributed by atoms with van der Waals surface area (Å²) in [5.41, 5.74) is -2.94. The average Bonchev–Trinajstić information content (AvgIpc) is 3.54. The number of nitrogens with one attached hydrogen (secondary N) is 1. The minimum atomic E-state index is -2.01.